The van der Waals surface area contributed by atoms with Crippen LogP contribution in [-0.2, 0) is 6.61 Å². The summed E-state index contributed by atoms with van der Waals surface area (Å²) in [5, 5.41) is 8.98. The van der Waals surface area contributed by atoms with Crippen molar-refractivity contribution in [2.75, 3.05) is 0 Å². The van der Waals surface area contributed by atoms with Gasteiger partial charge in [0.25, 0.3) is 0 Å². The molecule has 0 aliphatic heterocycles. The Morgan fingerprint density at radius 1 is 1.58 bits per heavy atom. The Morgan fingerprint density at radius 2 is 2.33 bits per heavy atom. The number of nitrogens with one attached hydrogen (secondary N) is 1. The van der Waals surface area contributed by atoms with Crippen molar-refractivity contribution < 1.29 is 5.11 Å². The number of hydrogen-bond acceptors (Lipinski definition) is 1. The molecule has 1 aromatic heterocycles. The molecule has 0 radical (unpaired) electrons. The van der Waals surface area contributed by atoms with Gasteiger partial charge in [0, 0.05) is 11.4 Å². The van der Waals surface area contributed by atoms with E-state index in [0.717, 1.165) is 17.2 Å². The van der Waals surface area contributed by atoms with Crippen LogP contribution < -0.4 is 0 Å². The third-order valence-electron chi connectivity index (χ3n) is 2.86. The van der Waals surface area contributed by atoms with Gasteiger partial charge in [-0.3, -0.25) is 0 Å². The Balaban J connectivity index is 2.21. The molecule has 0 spiro atoms. The Hall–Kier alpha value is -0.760. The molecule has 1 aromatic rings. The predicted molar refractivity (Wildman–Crippen MR) is 48.0 cm³/mol. The summed E-state index contributed by atoms with van der Waals surface area (Å²) >= 11 is 0. The highest BCUT2D eigenvalue weighted by Crippen LogP contribution is 2.36. The summed E-state index contributed by atoms with van der Waals surface area (Å²) < 4.78 is 0. The molecule has 2 heteroatoms. The van der Waals surface area contributed by atoms with Crippen LogP contribution in [0.4, 0.5) is 0 Å². The number of H-pyrrole nitrogens is 1. The average Bonchev–Trinajstić information content (AvgIpc) is 2.27. The molecule has 66 valence electrons. The molecule has 0 unspecified atom stereocenters. The molecule has 0 bridgehead atoms. The highest BCUT2D eigenvalue weighted by atomic mass is 16.3. The van der Waals surface area contributed by atoms with Crippen molar-refractivity contribution in [1.29, 1.82) is 0 Å². The van der Waals surface area contributed by atoms with Gasteiger partial charge in [-0.2, -0.15) is 0 Å². The summed E-state index contributed by atoms with van der Waals surface area (Å²) in [4.78, 5) is 3.34. The monoisotopic (exact) mass is 165 g/mol. The molecule has 2 nitrogen and oxygen atoms in total. The maximum absolute atomic E-state index is 8.98. The first-order valence-electron chi connectivity index (χ1n) is 4.60. The largest absolute Gasteiger partial charge is 0.392 e. The van der Waals surface area contributed by atoms with Crippen molar-refractivity contribution in [3.8, 4) is 0 Å². The van der Waals surface area contributed by atoms with Crippen molar-refractivity contribution in [2.24, 2.45) is 0 Å². The third kappa shape index (κ3) is 1.16. The quantitative estimate of drug-likeness (QED) is 0.691. The van der Waals surface area contributed by atoms with Crippen LogP contribution in [0.25, 0.3) is 0 Å². The van der Waals surface area contributed by atoms with Gasteiger partial charge < -0.3 is 10.1 Å². The lowest BCUT2D eigenvalue weighted by Crippen LogP contribution is -2.08. The molecule has 2 N–H and O–H groups in total. The molecule has 1 fully saturated rings. The summed E-state index contributed by atoms with van der Waals surface area (Å²) in [5.74, 6) is 0.740. The lowest BCUT2D eigenvalue weighted by Gasteiger charge is -2.24. The summed E-state index contributed by atoms with van der Waals surface area (Å²) in [6.45, 7) is 2.18. The van der Waals surface area contributed by atoms with E-state index in [-0.39, 0.29) is 6.61 Å². The summed E-state index contributed by atoms with van der Waals surface area (Å²) in [6, 6.07) is 2.11. The smallest absolute Gasteiger partial charge is 0.0699 e. The Bertz CT molecular complexity index is 273. The molecular formula is C10H15NO. The van der Waals surface area contributed by atoms with Gasteiger partial charge in [-0.15, -0.1) is 0 Å². The van der Waals surface area contributed by atoms with Crippen molar-refractivity contribution in [2.45, 2.75) is 38.7 Å². The van der Waals surface area contributed by atoms with Crippen LogP contribution in [0.5, 0.6) is 0 Å². The molecule has 1 heterocycles. The standard InChI is InChI=1S/C10H15NO/c1-7-9(6-12)5-10(11-7)8-3-2-4-8/h5,8,11-12H,2-4,6H2,1H3. The van der Waals surface area contributed by atoms with Crippen LogP contribution in [0.1, 0.15) is 42.1 Å². The fourth-order valence-electron chi connectivity index (χ4n) is 1.73. The molecule has 0 saturated heterocycles. The molecule has 0 atom stereocenters. The lowest BCUT2D eigenvalue weighted by atomic mass is 9.83. The van der Waals surface area contributed by atoms with Crippen molar-refractivity contribution in [3.05, 3.63) is 23.0 Å². The molecule has 1 aliphatic rings. The Kier molecular flexibility index (Phi) is 1.93. The topological polar surface area (TPSA) is 36.0 Å². The van der Waals surface area contributed by atoms with Gasteiger partial charge >= 0.3 is 0 Å². The van der Waals surface area contributed by atoms with Crippen LogP contribution in [0.2, 0.25) is 0 Å². The van der Waals surface area contributed by atoms with Crippen LogP contribution in [0.15, 0.2) is 6.07 Å². The van der Waals surface area contributed by atoms with E-state index in [0.29, 0.717) is 0 Å². The van der Waals surface area contributed by atoms with E-state index >= 15 is 0 Å². The fourth-order valence-corrected chi connectivity index (χ4v) is 1.73. The van der Waals surface area contributed by atoms with Crippen molar-refractivity contribution in [3.63, 3.8) is 0 Å². The minimum atomic E-state index is 0.162. The minimum Gasteiger partial charge on any atom is -0.392 e. The molecule has 1 aliphatic carbocycles. The summed E-state index contributed by atoms with van der Waals surface area (Å²) in [7, 11) is 0. The van der Waals surface area contributed by atoms with Crippen LogP contribution >= 0.6 is 0 Å². The number of hydrogen-bond donors (Lipinski definition) is 2. The zero-order chi connectivity index (χ0) is 8.55. The first-order chi connectivity index (χ1) is 5.81. The first kappa shape index (κ1) is 7.87. The Morgan fingerprint density at radius 3 is 2.75 bits per heavy atom. The normalized spacial score (nSPS) is 17.8. The van der Waals surface area contributed by atoms with Gasteiger partial charge in [0.05, 0.1) is 6.61 Å². The van der Waals surface area contributed by atoms with Crippen LogP contribution in [0, 0.1) is 6.92 Å². The number of aryl methyl sites for hydroxylation is 1. The second kappa shape index (κ2) is 2.94. The summed E-state index contributed by atoms with van der Waals surface area (Å²) in [6.07, 6.45) is 3.98. The maximum atomic E-state index is 8.98. The minimum absolute atomic E-state index is 0.162. The highest BCUT2D eigenvalue weighted by Gasteiger charge is 2.21. The van der Waals surface area contributed by atoms with Gasteiger partial charge in [-0.05, 0) is 37.3 Å². The zero-order valence-electron chi connectivity index (χ0n) is 7.43. The van der Waals surface area contributed by atoms with E-state index in [1.54, 1.807) is 0 Å². The van der Waals surface area contributed by atoms with Gasteiger partial charge in [-0.1, -0.05) is 6.42 Å². The molecule has 2 rings (SSSR count). The summed E-state index contributed by atoms with van der Waals surface area (Å²) in [5.41, 5.74) is 3.50. The molecule has 0 amide bonds. The van der Waals surface area contributed by atoms with Crippen LogP contribution in [-0.4, -0.2) is 10.1 Å². The van der Waals surface area contributed by atoms with Gasteiger partial charge in [0.2, 0.25) is 0 Å². The molecule has 1 saturated carbocycles. The number of aromatic nitrogens is 1. The van der Waals surface area contributed by atoms with Gasteiger partial charge in [0.1, 0.15) is 0 Å². The number of aliphatic hydroxyl groups is 1. The third-order valence-corrected chi connectivity index (χ3v) is 2.86. The van der Waals surface area contributed by atoms with Crippen LogP contribution in [0.3, 0.4) is 0 Å². The average molecular weight is 165 g/mol. The molecule has 12 heavy (non-hydrogen) atoms. The van der Waals surface area contributed by atoms with E-state index in [4.69, 9.17) is 5.11 Å². The number of aliphatic hydroxyl groups excluding tert-OH is 1. The second-order valence-electron chi connectivity index (χ2n) is 3.66. The fraction of sp³-hybridized carbons (Fsp3) is 0.600. The van der Waals surface area contributed by atoms with Crippen molar-refractivity contribution >= 4 is 0 Å². The highest BCUT2D eigenvalue weighted by molar-refractivity contribution is 5.27. The van der Waals surface area contributed by atoms with E-state index in [9.17, 15) is 0 Å². The van der Waals surface area contributed by atoms with Gasteiger partial charge in [-0.25, -0.2) is 0 Å². The lowest BCUT2D eigenvalue weighted by molar-refractivity contribution is 0.281. The molecular weight excluding hydrogens is 150 g/mol. The van der Waals surface area contributed by atoms with Gasteiger partial charge in [0.15, 0.2) is 0 Å². The number of rotatable bonds is 2. The first-order valence-corrected chi connectivity index (χ1v) is 4.60. The second-order valence-corrected chi connectivity index (χ2v) is 3.66. The SMILES string of the molecule is Cc1[nH]c(C2CCC2)cc1CO. The predicted octanol–water partition coefficient (Wildman–Crippen LogP) is 2.08. The van der Waals surface area contributed by atoms with E-state index in [1.165, 1.54) is 25.0 Å². The maximum Gasteiger partial charge on any atom is 0.0699 e. The zero-order valence-corrected chi connectivity index (χ0v) is 7.43. The van der Waals surface area contributed by atoms with E-state index < -0.39 is 0 Å². The van der Waals surface area contributed by atoms with E-state index in [2.05, 4.69) is 11.1 Å². The van der Waals surface area contributed by atoms with Crippen molar-refractivity contribution in [1.82, 2.24) is 4.98 Å². The van der Waals surface area contributed by atoms with E-state index in [1.807, 2.05) is 6.92 Å². The Labute approximate surface area is 72.6 Å². The number of aromatic amines is 1. The molecule has 0 aromatic carbocycles.